The van der Waals surface area contributed by atoms with Crippen LogP contribution in [0.2, 0.25) is 5.02 Å². The lowest BCUT2D eigenvalue weighted by Gasteiger charge is -2.17. The number of carboxylic acids is 1. The number of carbonyl (C=O) groups excluding carboxylic acids is 1. The summed E-state index contributed by atoms with van der Waals surface area (Å²) in [6.07, 6.45) is -1.19. The lowest BCUT2D eigenvalue weighted by molar-refractivity contribution is -0.141. The van der Waals surface area contributed by atoms with Gasteiger partial charge in [-0.3, -0.25) is 0 Å². The zero-order chi connectivity index (χ0) is 14.4. The second-order valence-corrected chi connectivity index (χ2v) is 4.38. The van der Waals surface area contributed by atoms with Crippen molar-refractivity contribution in [1.29, 1.82) is 0 Å². The zero-order valence-electron chi connectivity index (χ0n) is 10.3. The van der Waals surface area contributed by atoms with Crippen LogP contribution in [0.3, 0.4) is 0 Å². The number of halogens is 1. The monoisotopic (exact) mass is 286 g/mol. The molecule has 2 atom stereocenters. The molecule has 0 aliphatic heterocycles. The molecule has 0 saturated heterocycles. The molecule has 0 heterocycles. The van der Waals surface area contributed by atoms with E-state index < -0.39 is 24.1 Å². The highest BCUT2D eigenvalue weighted by molar-refractivity contribution is 6.31. The first kappa shape index (κ1) is 15.3. The minimum atomic E-state index is -1.36. The third-order valence-electron chi connectivity index (χ3n) is 2.43. The maximum Gasteiger partial charge on any atom is 0.328 e. The summed E-state index contributed by atoms with van der Waals surface area (Å²) in [5, 5.41) is 23.2. The Morgan fingerprint density at radius 1 is 1.37 bits per heavy atom. The summed E-state index contributed by atoms with van der Waals surface area (Å²) in [5.41, 5.74) is 0.711. The van der Waals surface area contributed by atoms with E-state index in [0.29, 0.717) is 10.6 Å². The molecule has 1 rings (SSSR count). The number of aliphatic carboxylic acids is 1. The van der Waals surface area contributed by atoms with Crippen LogP contribution in [0.15, 0.2) is 24.3 Å². The van der Waals surface area contributed by atoms with Crippen LogP contribution in [0.25, 0.3) is 0 Å². The van der Waals surface area contributed by atoms with Gasteiger partial charge < -0.3 is 20.8 Å². The van der Waals surface area contributed by atoms with Gasteiger partial charge in [-0.15, -0.1) is 0 Å². The molecule has 0 unspecified atom stereocenters. The van der Waals surface area contributed by atoms with E-state index in [9.17, 15) is 14.7 Å². The van der Waals surface area contributed by atoms with Crippen molar-refractivity contribution in [2.24, 2.45) is 0 Å². The molecule has 2 amide bonds. The Morgan fingerprint density at radius 2 is 2.00 bits per heavy atom. The van der Waals surface area contributed by atoms with Gasteiger partial charge in [-0.1, -0.05) is 29.8 Å². The number of aliphatic hydroxyl groups excluding tert-OH is 1. The van der Waals surface area contributed by atoms with Gasteiger partial charge in [-0.05, 0) is 18.6 Å². The standard InChI is InChI=1S/C12H15ClN2O4/c1-7(16)10(11(17)18)15-12(19)14-6-8-4-2-3-5-9(8)13/h2-5,7,10,16H,6H2,1H3,(H,17,18)(H2,14,15,19)/t7-,10+/m1/s1. The molecule has 0 saturated carbocycles. The molecule has 6 nitrogen and oxygen atoms in total. The van der Waals surface area contributed by atoms with Crippen LogP contribution in [-0.4, -0.2) is 34.4 Å². The number of aliphatic hydroxyl groups is 1. The molecule has 1 aromatic carbocycles. The van der Waals surface area contributed by atoms with E-state index in [0.717, 1.165) is 0 Å². The first-order chi connectivity index (χ1) is 8.91. The van der Waals surface area contributed by atoms with Crippen LogP contribution in [0.4, 0.5) is 4.79 Å². The minimum absolute atomic E-state index is 0.164. The molecular formula is C12H15ClN2O4. The Balaban J connectivity index is 2.52. The van der Waals surface area contributed by atoms with Gasteiger partial charge in [0.15, 0.2) is 6.04 Å². The Morgan fingerprint density at radius 3 is 2.53 bits per heavy atom. The highest BCUT2D eigenvalue weighted by Crippen LogP contribution is 2.14. The van der Waals surface area contributed by atoms with Gasteiger partial charge in [-0.2, -0.15) is 0 Å². The largest absolute Gasteiger partial charge is 0.480 e. The summed E-state index contributed by atoms with van der Waals surface area (Å²) in [6, 6.07) is 4.92. The predicted molar refractivity (Wildman–Crippen MR) is 69.9 cm³/mol. The lowest BCUT2D eigenvalue weighted by Crippen LogP contribution is -2.50. The van der Waals surface area contributed by atoms with Crippen molar-refractivity contribution in [3.05, 3.63) is 34.9 Å². The quantitative estimate of drug-likeness (QED) is 0.648. The van der Waals surface area contributed by atoms with Crippen molar-refractivity contribution in [1.82, 2.24) is 10.6 Å². The van der Waals surface area contributed by atoms with Crippen LogP contribution in [0.1, 0.15) is 12.5 Å². The van der Waals surface area contributed by atoms with E-state index in [1.807, 2.05) is 0 Å². The van der Waals surface area contributed by atoms with E-state index in [1.165, 1.54) is 6.92 Å². The van der Waals surface area contributed by atoms with E-state index >= 15 is 0 Å². The average Bonchev–Trinajstić information content (AvgIpc) is 2.34. The van der Waals surface area contributed by atoms with E-state index in [2.05, 4.69) is 10.6 Å². The van der Waals surface area contributed by atoms with Gasteiger partial charge in [0, 0.05) is 11.6 Å². The Kier molecular flexibility index (Phi) is 5.59. The second kappa shape index (κ2) is 6.96. The molecule has 0 spiro atoms. The van der Waals surface area contributed by atoms with Crippen molar-refractivity contribution in [2.45, 2.75) is 25.6 Å². The van der Waals surface area contributed by atoms with Crippen molar-refractivity contribution in [3.63, 3.8) is 0 Å². The summed E-state index contributed by atoms with van der Waals surface area (Å²) in [5.74, 6) is -1.30. The highest BCUT2D eigenvalue weighted by Gasteiger charge is 2.24. The molecule has 0 radical (unpaired) electrons. The molecule has 0 aliphatic rings. The summed E-state index contributed by atoms with van der Waals surface area (Å²) >= 11 is 5.91. The Bertz CT molecular complexity index is 465. The van der Waals surface area contributed by atoms with Crippen LogP contribution < -0.4 is 10.6 Å². The van der Waals surface area contributed by atoms with E-state index in [-0.39, 0.29) is 6.54 Å². The molecular weight excluding hydrogens is 272 g/mol. The molecule has 104 valence electrons. The van der Waals surface area contributed by atoms with Crippen molar-refractivity contribution in [2.75, 3.05) is 0 Å². The molecule has 7 heteroatoms. The molecule has 1 aromatic rings. The van der Waals surface area contributed by atoms with Gasteiger partial charge in [0.1, 0.15) is 0 Å². The van der Waals surface area contributed by atoms with Crippen LogP contribution in [-0.2, 0) is 11.3 Å². The van der Waals surface area contributed by atoms with Gasteiger partial charge in [0.2, 0.25) is 0 Å². The predicted octanol–water partition coefficient (Wildman–Crippen LogP) is 0.973. The number of carbonyl (C=O) groups is 2. The SMILES string of the molecule is C[C@@H](O)[C@H](NC(=O)NCc1ccccc1Cl)C(=O)O. The normalized spacial score (nSPS) is 13.4. The average molecular weight is 287 g/mol. The van der Waals surface area contributed by atoms with Gasteiger partial charge >= 0.3 is 12.0 Å². The van der Waals surface area contributed by atoms with Gasteiger partial charge in [0.05, 0.1) is 6.10 Å². The highest BCUT2D eigenvalue weighted by atomic mass is 35.5. The summed E-state index contributed by atoms with van der Waals surface area (Å²) in [4.78, 5) is 22.3. The number of hydrogen-bond acceptors (Lipinski definition) is 3. The second-order valence-electron chi connectivity index (χ2n) is 3.97. The zero-order valence-corrected chi connectivity index (χ0v) is 11.0. The third-order valence-corrected chi connectivity index (χ3v) is 2.80. The Hall–Kier alpha value is -1.79. The number of nitrogens with one attached hydrogen (secondary N) is 2. The van der Waals surface area contributed by atoms with Crippen molar-refractivity contribution in [3.8, 4) is 0 Å². The smallest absolute Gasteiger partial charge is 0.328 e. The minimum Gasteiger partial charge on any atom is -0.480 e. The van der Waals surface area contributed by atoms with E-state index in [4.69, 9.17) is 16.7 Å². The Labute approximate surface area is 115 Å². The summed E-state index contributed by atoms with van der Waals surface area (Å²) < 4.78 is 0. The lowest BCUT2D eigenvalue weighted by atomic mass is 10.2. The fraction of sp³-hybridized carbons (Fsp3) is 0.333. The van der Waals surface area contributed by atoms with Gasteiger partial charge in [-0.25, -0.2) is 9.59 Å². The topological polar surface area (TPSA) is 98.7 Å². The fourth-order valence-electron chi connectivity index (χ4n) is 1.40. The third kappa shape index (κ3) is 4.76. The molecule has 4 N–H and O–H groups in total. The number of amides is 2. The number of urea groups is 1. The van der Waals surface area contributed by atoms with Crippen LogP contribution in [0, 0.1) is 0 Å². The number of carboxylic acid groups (broad SMARTS) is 1. The van der Waals surface area contributed by atoms with Crippen molar-refractivity contribution < 1.29 is 19.8 Å². The number of benzene rings is 1. The molecule has 0 aliphatic carbocycles. The maximum absolute atomic E-state index is 11.5. The van der Waals surface area contributed by atoms with Crippen LogP contribution in [0.5, 0.6) is 0 Å². The fourth-order valence-corrected chi connectivity index (χ4v) is 1.60. The molecule has 0 aromatic heterocycles. The molecule has 0 fully saturated rings. The van der Waals surface area contributed by atoms with E-state index in [1.54, 1.807) is 24.3 Å². The number of hydrogen-bond donors (Lipinski definition) is 4. The first-order valence-electron chi connectivity index (χ1n) is 5.60. The number of rotatable bonds is 5. The summed E-state index contributed by atoms with van der Waals surface area (Å²) in [6.45, 7) is 1.45. The summed E-state index contributed by atoms with van der Waals surface area (Å²) in [7, 11) is 0. The maximum atomic E-state index is 11.5. The molecule has 19 heavy (non-hydrogen) atoms. The first-order valence-corrected chi connectivity index (χ1v) is 5.98. The van der Waals surface area contributed by atoms with Crippen LogP contribution >= 0.6 is 11.6 Å². The van der Waals surface area contributed by atoms with Crippen molar-refractivity contribution >= 4 is 23.6 Å². The van der Waals surface area contributed by atoms with Gasteiger partial charge in [0.25, 0.3) is 0 Å². The molecule has 0 bridgehead atoms.